The molecule has 0 amide bonds. The van der Waals surface area contributed by atoms with E-state index < -0.39 is 0 Å². The van der Waals surface area contributed by atoms with E-state index in [2.05, 4.69) is 5.10 Å². The molecule has 1 aliphatic carbocycles. The van der Waals surface area contributed by atoms with Gasteiger partial charge in [-0.15, -0.1) is 0 Å². The Balaban J connectivity index is 2.09. The van der Waals surface area contributed by atoms with E-state index in [0.29, 0.717) is 16.8 Å². The molecule has 0 atom stereocenters. The van der Waals surface area contributed by atoms with Gasteiger partial charge in [-0.25, -0.2) is 4.79 Å². The van der Waals surface area contributed by atoms with Gasteiger partial charge >= 0.3 is 5.97 Å². The molecule has 0 radical (unpaired) electrons. The second-order valence-corrected chi connectivity index (χ2v) is 5.26. The number of halogens is 1. The Morgan fingerprint density at radius 2 is 2.16 bits per heavy atom. The Morgan fingerprint density at radius 3 is 2.84 bits per heavy atom. The summed E-state index contributed by atoms with van der Waals surface area (Å²) in [6.07, 6.45) is 4.77. The number of methoxy groups -OCH3 is 1. The highest BCUT2D eigenvalue weighted by molar-refractivity contribution is 6.34. The lowest BCUT2D eigenvalue weighted by molar-refractivity contribution is 0.0601. The van der Waals surface area contributed by atoms with Gasteiger partial charge in [-0.1, -0.05) is 24.4 Å². The van der Waals surface area contributed by atoms with Crippen LogP contribution < -0.4 is 0 Å². The molecule has 1 aliphatic rings. The number of esters is 1. The molecule has 0 aliphatic heterocycles. The number of hydrogen-bond acceptors (Lipinski definition) is 3. The number of benzene rings is 1. The van der Waals surface area contributed by atoms with Gasteiger partial charge in [0.05, 0.1) is 24.2 Å². The van der Waals surface area contributed by atoms with Crippen molar-refractivity contribution in [2.24, 2.45) is 0 Å². The maximum atomic E-state index is 11.5. The Hall–Kier alpha value is -1.55. The zero-order valence-corrected chi connectivity index (χ0v) is 11.5. The van der Waals surface area contributed by atoms with E-state index in [1.54, 1.807) is 12.1 Å². The van der Waals surface area contributed by atoms with Gasteiger partial charge in [-0.05, 0) is 31.0 Å². The first kappa shape index (κ1) is 12.5. The van der Waals surface area contributed by atoms with Gasteiger partial charge in [0, 0.05) is 5.39 Å². The summed E-state index contributed by atoms with van der Waals surface area (Å²) >= 11 is 6.19. The van der Waals surface area contributed by atoms with E-state index in [0.717, 1.165) is 23.7 Å². The third-order valence-corrected chi connectivity index (χ3v) is 4.03. The second kappa shape index (κ2) is 4.85. The maximum Gasteiger partial charge on any atom is 0.337 e. The Bertz CT molecular complexity index is 630. The number of fused-ring (bicyclic) bond motifs is 1. The second-order valence-electron chi connectivity index (χ2n) is 4.90. The summed E-state index contributed by atoms with van der Waals surface area (Å²) in [6, 6.07) is 5.84. The van der Waals surface area contributed by atoms with Crippen molar-refractivity contribution in [3.8, 4) is 0 Å². The van der Waals surface area contributed by atoms with E-state index in [1.807, 2.05) is 10.7 Å². The molecule has 2 aromatic rings. The molecule has 19 heavy (non-hydrogen) atoms. The molecule has 0 spiro atoms. The first-order valence-corrected chi connectivity index (χ1v) is 6.84. The fraction of sp³-hybridized carbons (Fsp3) is 0.429. The van der Waals surface area contributed by atoms with Crippen LogP contribution in [0.2, 0.25) is 5.15 Å². The summed E-state index contributed by atoms with van der Waals surface area (Å²) in [6.45, 7) is 0. The molecule has 3 rings (SSSR count). The zero-order valence-electron chi connectivity index (χ0n) is 10.7. The number of rotatable bonds is 2. The van der Waals surface area contributed by atoms with Gasteiger partial charge in [0.1, 0.15) is 0 Å². The summed E-state index contributed by atoms with van der Waals surface area (Å²) in [5.74, 6) is -0.355. The standard InChI is InChI=1S/C14H15ClN2O2/c1-19-14(18)9-6-7-12-11(8-9)13(15)16-17(12)10-4-2-3-5-10/h6-8,10H,2-5H2,1H3. The van der Waals surface area contributed by atoms with Gasteiger partial charge in [0.15, 0.2) is 5.15 Å². The first-order valence-electron chi connectivity index (χ1n) is 6.47. The highest BCUT2D eigenvalue weighted by atomic mass is 35.5. The van der Waals surface area contributed by atoms with Crippen molar-refractivity contribution in [3.63, 3.8) is 0 Å². The number of ether oxygens (including phenoxy) is 1. The number of hydrogen-bond donors (Lipinski definition) is 0. The fourth-order valence-electron chi connectivity index (χ4n) is 2.78. The van der Waals surface area contributed by atoms with E-state index in [1.165, 1.54) is 20.0 Å². The van der Waals surface area contributed by atoms with Gasteiger partial charge < -0.3 is 4.74 Å². The fourth-order valence-corrected chi connectivity index (χ4v) is 3.01. The number of aromatic nitrogens is 2. The Labute approximate surface area is 116 Å². The Morgan fingerprint density at radius 1 is 1.42 bits per heavy atom. The lowest BCUT2D eigenvalue weighted by atomic mass is 10.1. The molecule has 0 N–H and O–H groups in total. The molecule has 0 unspecified atom stereocenters. The molecule has 100 valence electrons. The van der Waals surface area contributed by atoms with Gasteiger partial charge in [0.2, 0.25) is 0 Å². The van der Waals surface area contributed by atoms with Crippen LogP contribution in [0.25, 0.3) is 10.9 Å². The molecule has 5 heteroatoms. The largest absolute Gasteiger partial charge is 0.465 e. The molecule has 1 saturated carbocycles. The predicted molar refractivity (Wildman–Crippen MR) is 73.6 cm³/mol. The molecule has 1 heterocycles. The zero-order chi connectivity index (χ0) is 13.4. The van der Waals surface area contributed by atoms with Gasteiger partial charge in [0.25, 0.3) is 0 Å². The van der Waals surface area contributed by atoms with Crippen LogP contribution >= 0.6 is 11.6 Å². The van der Waals surface area contributed by atoms with Crippen molar-refractivity contribution in [2.75, 3.05) is 7.11 Å². The molecular formula is C14H15ClN2O2. The topological polar surface area (TPSA) is 44.1 Å². The lowest BCUT2D eigenvalue weighted by Gasteiger charge is -2.11. The molecule has 1 fully saturated rings. The average Bonchev–Trinajstić information content (AvgIpc) is 3.06. The number of carbonyl (C=O) groups is 1. The van der Waals surface area contributed by atoms with Crippen molar-refractivity contribution < 1.29 is 9.53 Å². The van der Waals surface area contributed by atoms with Crippen LogP contribution in [0.4, 0.5) is 0 Å². The SMILES string of the molecule is COC(=O)c1ccc2c(c1)c(Cl)nn2C1CCCC1. The monoisotopic (exact) mass is 278 g/mol. The molecule has 0 bridgehead atoms. The van der Waals surface area contributed by atoms with Crippen LogP contribution in [0.1, 0.15) is 42.1 Å². The van der Waals surface area contributed by atoms with Crippen molar-refractivity contribution in [1.82, 2.24) is 9.78 Å². The van der Waals surface area contributed by atoms with Crippen molar-refractivity contribution in [3.05, 3.63) is 28.9 Å². The minimum Gasteiger partial charge on any atom is -0.465 e. The lowest BCUT2D eigenvalue weighted by Crippen LogP contribution is -2.06. The van der Waals surface area contributed by atoms with Crippen LogP contribution in [0.3, 0.4) is 0 Å². The first-order chi connectivity index (χ1) is 9.20. The van der Waals surface area contributed by atoms with Crippen LogP contribution in [0.15, 0.2) is 18.2 Å². The number of nitrogens with zero attached hydrogens (tertiary/aromatic N) is 2. The molecule has 1 aromatic heterocycles. The quantitative estimate of drug-likeness (QED) is 0.789. The van der Waals surface area contributed by atoms with Crippen LogP contribution in [0, 0.1) is 0 Å². The van der Waals surface area contributed by atoms with Gasteiger partial charge in [-0.2, -0.15) is 5.10 Å². The normalized spacial score (nSPS) is 16.1. The highest BCUT2D eigenvalue weighted by Gasteiger charge is 2.21. The van der Waals surface area contributed by atoms with Crippen molar-refractivity contribution in [1.29, 1.82) is 0 Å². The van der Waals surface area contributed by atoms with E-state index in [-0.39, 0.29) is 5.97 Å². The van der Waals surface area contributed by atoms with Crippen LogP contribution in [0.5, 0.6) is 0 Å². The highest BCUT2D eigenvalue weighted by Crippen LogP contribution is 2.34. The molecule has 1 aromatic carbocycles. The minimum atomic E-state index is -0.355. The summed E-state index contributed by atoms with van der Waals surface area (Å²) in [4.78, 5) is 11.5. The minimum absolute atomic E-state index is 0.355. The third-order valence-electron chi connectivity index (χ3n) is 3.75. The van der Waals surface area contributed by atoms with E-state index in [4.69, 9.17) is 16.3 Å². The summed E-state index contributed by atoms with van der Waals surface area (Å²) in [5, 5.41) is 5.70. The average molecular weight is 279 g/mol. The molecular weight excluding hydrogens is 264 g/mol. The smallest absolute Gasteiger partial charge is 0.337 e. The Kier molecular flexibility index (Phi) is 3.19. The summed E-state index contributed by atoms with van der Waals surface area (Å²) in [7, 11) is 1.37. The predicted octanol–water partition coefficient (Wildman–Crippen LogP) is 3.59. The summed E-state index contributed by atoms with van der Waals surface area (Å²) < 4.78 is 6.73. The van der Waals surface area contributed by atoms with Gasteiger partial charge in [-0.3, -0.25) is 4.68 Å². The van der Waals surface area contributed by atoms with Crippen molar-refractivity contribution in [2.45, 2.75) is 31.7 Å². The third kappa shape index (κ3) is 2.10. The van der Waals surface area contributed by atoms with Crippen LogP contribution in [-0.4, -0.2) is 22.9 Å². The van der Waals surface area contributed by atoms with E-state index in [9.17, 15) is 4.79 Å². The maximum absolute atomic E-state index is 11.5. The van der Waals surface area contributed by atoms with Crippen LogP contribution in [-0.2, 0) is 4.74 Å². The summed E-state index contributed by atoms with van der Waals surface area (Å²) in [5.41, 5.74) is 1.49. The molecule has 4 nitrogen and oxygen atoms in total. The van der Waals surface area contributed by atoms with E-state index >= 15 is 0 Å². The number of carbonyl (C=O) groups excluding carboxylic acids is 1. The van der Waals surface area contributed by atoms with Crippen molar-refractivity contribution >= 4 is 28.5 Å². The molecule has 0 saturated heterocycles.